The molecular weight excluding hydrogens is 326 g/mol. The van der Waals surface area contributed by atoms with Crippen LogP contribution >= 0.6 is 0 Å². The molecule has 1 heterocycles. The van der Waals surface area contributed by atoms with E-state index in [4.69, 9.17) is 10.5 Å². The first-order valence-corrected chi connectivity index (χ1v) is 8.83. The number of ether oxygens (including phenoxy) is 1. The van der Waals surface area contributed by atoms with Crippen molar-refractivity contribution >= 4 is 28.3 Å². The average molecular weight is 347 g/mol. The number of aromatic nitrogens is 2. The van der Waals surface area contributed by atoms with Crippen molar-refractivity contribution in [2.75, 3.05) is 12.8 Å². The number of allylic oxidation sites excluding steroid dienone is 2. The predicted octanol–water partition coefficient (Wildman–Crippen LogP) is 4.56. The smallest absolute Gasteiger partial charge is 0.338 e. The lowest BCUT2D eigenvalue weighted by Crippen LogP contribution is -2.05. The van der Waals surface area contributed by atoms with E-state index in [2.05, 4.69) is 22.3 Å². The molecule has 0 spiro atoms. The van der Waals surface area contributed by atoms with E-state index in [-0.39, 0.29) is 5.97 Å². The molecule has 0 aliphatic heterocycles. The van der Waals surface area contributed by atoms with Crippen LogP contribution in [0.4, 0.5) is 5.82 Å². The van der Waals surface area contributed by atoms with E-state index in [0.717, 1.165) is 40.4 Å². The number of nitrogens with one attached hydrogen (secondary N) is 1. The summed E-state index contributed by atoms with van der Waals surface area (Å²) >= 11 is 0. The molecule has 2 aromatic carbocycles. The van der Waals surface area contributed by atoms with Crippen molar-refractivity contribution in [2.45, 2.75) is 25.7 Å². The van der Waals surface area contributed by atoms with E-state index in [1.54, 1.807) is 0 Å². The van der Waals surface area contributed by atoms with Crippen LogP contribution in [-0.2, 0) is 4.74 Å². The van der Waals surface area contributed by atoms with Crippen LogP contribution in [0.5, 0.6) is 0 Å². The monoisotopic (exact) mass is 347 g/mol. The van der Waals surface area contributed by atoms with E-state index in [0.29, 0.717) is 11.4 Å². The van der Waals surface area contributed by atoms with Gasteiger partial charge < -0.3 is 10.5 Å². The minimum Gasteiger partial charge on any atom is -0.465 e. The summed E-state index contributed by atoms with van der Waals surface area (Å²) in [6, 6.07) is 11.8. The van der Waals surface area contributed by atoms with Crippen LogP contribution in [0.1, 0.15) is 41.6 Å². The number of rotatable bonds is 3. The van der Waals surface area contributed by atoms with E-state index >= 15 is 0 Å². The molecule has 0 radical (unpaired) electrons. The van der Waals surface area contributed by atoms with Gasteiger partial charge in [0.15, 0.2) is 5.82 Å². The number of nitrogens with two attached hydrogens (primary N) is 1. The largest absolute Gasteiger partial charge is 0.465 e. The number of fused-ring (bicyclic) bond motifs is 1. The highest BCUT2D eigenvalue weighted by Crippen LogP contribution is 2.36. The van der Waals surface area contributed by atoms with Crippen molar-refractivity contribution in [1.29, 1.82) is 0 Å². The van der Waals surface area contributed by atoms with Gasteiger partial charge in [-0.05, 0) is 60.1 Å². The number of benzene rings is 2. The second kappa shape index (κ2) is 6.67. The number of anilines is 1. The molecule has 0 saturated heterocycles. The van der Waals surface area contributed by atoms with Crippen LogP contribution in [0.2, 0.25) is 0 Å². The Morgan fingerprint density at radius 3 is 2.85 bits per heavy atom. The quantitative estimate of drug-likeness (QED) is 0.681. The maximum Gasteiger partial charge on any atom is 0.338 e. The topological polar surface area (TPSA) is 81.0 Å². The number of H-pyrrole nitrogens is 1. The predicted molar refractivity (Wildman–Crippen MR) is 104 cm³/mol. The fourth-order valence-corrected chi connectivity index (χ4v) is 3.68. The maximum atomic E-state index is 12.5. The Morgan fingerprint density at radius 2 is 2.08 bits per heavy atom. The number of nitrogen functional groups attached to an aromatic ring is 1. The zero-order chi connectivity index (χ0) is 18.1. The molecule has 0 amide bonds. The lowest BCUT2D eigenvalue weighted by atomic mass is 9.89. The lowest BCUT2D eigenvalue weighted by molar-refractivity contribution is 0.0601. The van der Waals surface area contributed by atoms with Gasteiger partial charge in [-0.3, -0.25) is 5.10 Å². The van der Waals surface area contributed by atoms with E-state index in [1.165, 1.54) is 25.5 Å². The third kappa shape index (κ3) is 2.75. The van der Waals surface area contributed by atoms with Gasteiger partial charge in [0.1, 0.15) is 0 Å². The minimum absolute atomic E-state index is 0.350. The number of hydrogen-bond donors (Lipinski definition) is 2. The molecule has 1 aliphatic carbocycles. The second-order valence-electron chi connectivity index (χ2n) is 6.56. The Labute approximate surface area is 151 Å². The van der Waals surface area contributed by atoms with Gasteiger partial charge in [0.05, 0.1) is 23.6 Å². The van der Waals surface area contributed by atoms with Crippen LogP contribution in [0.25, 0.3) is 27.6 Å². The van der Waals surface area contributed by atoms with E-state index in [1.807, 2.05) is 30.3 Å². The molecule has 1 aliphatic rings. The van der Waals surface area contributed by atoms with Crippen LogP contribution in [0, 0.1) is 0 Å². The Balaban J connectivity index is 1.91. The average Bonchev–Trinajstić information content (AvgIpc) is 3.09. The molecule has 5 nitrogen and oxygen atoms in total. The third-order valence-electron chi connectivity index (χ3n) is 4.99. The Morgan fingerprint density at radius 1 is 1.19 bits per heavy atom. The molecule has 0 saturated carbocycles. The van der Waals surface area contributed by atoms with Gasteiger partial charge in [-0.1, -0.05) is 30.3 Å². The maximum absolute atomic E-state index is 12.5. The fraction of sp³-hybridized carbons (Fsp3) is 0.238. The number of esters is 1. The summed E-state index contributed by atoms with van der Waals surface area (Å²) in [5.41, 5.74) is 11.5. The molecule has 3 aromatic rings. The first kappa shape index (κ1) is 16.4. The molecule has 5 heteroatoms. The number of methoxy groups -OCH3 is 1. The molecule has 3 N–H and O–H groups in total. The molecular formula is C21H21N3O2. The number of nitrogens with zero attached hydrogens (tertiary/aromatic N) is 1. The fourth-order valence-electron chi connectivity index (χ4n) is 3.68. The summed E-state index contributed by atoms with van der Waals surface area (Å²) < 4.78 is 5.05. The van der Waals surface area contributed by atoms with Crippen molar-refractivity contribution in [3.63, 3.8) is 0 Å². The molecule has 26 heavy (non-hydrogen) atoms. The Kier molecular flexibility index (Phi) is 4.21. The lowest BCUT2D eigenvalue weighted by Gasteiger charge is -2.16. The molecule has 1 aromatic heterocycles. The van der Waals surface area contributed by atoms with Crippen LogP contribution in [-0.4, -0.2) is 23.3 Å². The van der Waals surface area contributed by atoms with Crippen molar-refractivity contribution in [2.24, 2.45) is 0 Å². The van der Waals surface area contributed by atoms with Crippen molar-refractivity contribution < 1.29 is 9.53 Å². The first-order chi connectivity index (χ1) is 12.7. The van der Waals surface area contributed by atoms with Crippen molar-refractivity contribution in [3.8, 4) is 11.1 Å². The summed E-state index contributed by atoms with van der Waals surface area (Å²) in [5, 5.41) is 7.84. The molecule has 0 bridgehead atoms. The van der Waals surface area contributed by atoms with Crippen LogP contribution in [0.3, 0.4) is 0 Å². The van der Waals surface area contributed by atoms with Crippen LogP contribution < -0.4 is 5.73 Å². The molecule has 0 fully saturated rings. The van der Waals surface area contributed by atoms with Gasteiger partial charge in [-0.2, -0.15) is 5.10 Å². The van der Waals surface area contributed by atoms with Gasteiger partial charge in [0.25, 0.3) is 0 Å². The number of aromatic amines is 1. The highest BCUT2D eigenvalue weighted by Gasteiger charge is 2.19. The van der Waals surface area contributed by atoms with Crippen LogP contribution in [0.15, 0.2) is 42.5 Å². The summed E-state index contributed by atoms with van der Waals surface area (Å²) in [6.07, 6.45) is 6.83. The van der Waals surface area contributed by atoms with Gasteiger partial charge in [-0.25, -0.2) is 4.79 Å². The molecule has 0 atom stereocenters. The SMILES string of the molecule is COC(=O)c1cc(C2=CCCCC2)ccc1-c1cccc2[nH]nc(N)c12. The standard InChI is InChI=1S/C21H21N3O2/c1-26-21(25)17-12-14(13-6-3-2-4-7-13)10-11-15(17)16-8-5-9-18-19(16)20(22)24-23-18/h5-6,8-12H,2-4,7H2,1H3,(H3,22,23,24). The number of hydrogen-bond acceptors (Lipinski definition) is 4. The summed E-state index contributed by atoms with van der Waals surface area (Å²) in [5.74, 6) is 0.0720. The molecule has 0 unspecified atom stereocenters. The molecule has 4 rings (SSSR count). The third-order valence-corrected chi connectivity index (χ3v) is 4.99. The summed E-state index contributed by atoms with van der Waals surface area (Å²) in [4.78, 5) is 12.5. The highest BCUT2D eigenvalue weighted by molar-refractivity contribution is 6.07. The van der Waals surface area contributed by atoms with Crippen molar-refractivity contribution in [1.82, 2.24) is 10.2 Å². The normalized spacial score (nSPS) is 14.3. The van der Waals surface area contributed by atoms with Gasteiger partial charge in [0.2, 0.25) is 0 Å². The zero-order valence-electron chi connectivity index (χ0n) is 14.7. The zero-order valence-corrected chi connectivity index (χ0v) is 14.7. The number of carbonyl (C=O) groups is 1. The first-order valence-electron chi connectivity index (χ1n) is 8.83. The minimum atomic E-state index is -0.350. The summed E-state index contributed by atoms with van der Waals surface area (Å²) in [6.45, 7) is 0. The van der Waals surface area contributed by atoms with E-state index in [9.17, 15) is 4.79 Å². The molecule has 132 valence electrons. The van der Waals surface area contributed by atoms with E-state index < -0.39 is 0 Å². The van der Waals surface area contributed by atoms with Gasteiger partial charge in [0, 0.05) is 0 Å². The Hall–Kier alpha value is -3.08. The van der Waals surface area contributed by atoms with Gasteiger partial charge in [-0.15, -0.1) is 0 Å². The second-order valence-corrected chi connectivity index (χ2v) is 6.56. The van der Waals surface area contributed by atoms with Crippen molar-refractivity contribution in [3.05, 3.63) is 53.6 Å². The van der Waals surface area contributed by atoms with Gasteiger partial charge >= 0.3 is 5.97 Å². The highest BCUT2D eigenvalue weighted by atomic mass is 16.5. The summed E-state index contributed by atoms with van der Waals surface area (Å²) in [7, 11) is 1.41. The Bertz CT molecular complexity index is 1020. The number of carbonyl (C=O) groups excluding carboxylic acids is 1.